The number of aromatic nitrogens is 2. The highest BCUT2D eigenvalue weighted by molar-refractivity contribution is 5.67. The lowest BCUT2D eigenvalue weighted by atomic mass is 10.2. The highest BCUT2D eigenvalue weighted by atomic mass is 15.1. The van der Waals surface area contributed by atoms with E-state index in [-0.39, 0.29) is 0 Å². The van der Waals surface area contributed by atoms with Crippen LogP contribution in [0.3, 0.4) is 0 Å². The van der Waals surface area contributed by atoms with Gasteiger partial charge in [0.15, 0.2) is 0 Å². The van der Waals surface area contributed by atoms with Crippen molar-refractivity contribution in [3.05, 3.63) is 83.9 Å². The van der Waals surface area contributed by atoms with Crippen LogP contribution in [-0.4, -0.2) is 9.97 Å². The minimum Gasteiger partial charge on any atom is -0.397 e. The van der Waals surface area contributed by atoms with Gasteiger partial charge >= 0.3 is 0 Å². The second-order valence-corrected chi connectivity index (χ2v) is 5.56. The molecule has 3 rings (SSSR count). The monoisotopic (exact) mass is 304 g/mol. The predicted molar refractivity (Wildman–Crippen MR) is 94.0 cm³/mol. The molecule has 23 heavy (non-hydrogen) atoms. The van der Waals surface area contributed by atoms with Crippen LogP contribution in [0, 0.1) is 6.92 Å². The van der Waals surface area contributed by atoms with Crippen molar-refractivity contribution in [3.63, 3.8) is 0 Å². The van der Waals surface area contributed by atoms with Crippen molar-refractivity contribution >= 4 is 11.4 Å². The quantitative estimate of drug-likeness (QED) is 0.732. The van der Waals surface area contributed by atoms with Gasteiger partial charge < -0.3 is 10.6 Å². The maximum atomic E-state index is 6.17. The van der Waals surface area contributed by atoms with Crippen molar-refractivity contribution in [2.75, 3.05) is 10.6 Å². The molecule has 3 aromatic rings. The molecular formula is C19H20N4. The minimum absolute atomic E-state index is 0.685. The molecule has 1 aromatic carbocycles. The summed E-state index contributed by atoms with van der Waals surface area (Å²) in [6.45, 7) is 3.41. The van der Waals surface area contributed by atoms with Gasteiger partial charge in [-0.2, -0.15) is 0 Å². The second kappa shape index (κ2) is 6.92. The van der Waals surface area contributed by atoms with Crippen LogP contribution in [0.5, 0.6) is 0 Å². The van der Waals surface area contributed by atoms with Crippen LogP contribution in [0.25, 0.3) is 0 Å². The molecule has 2 aromatic heterocycles. The number of anilines is 2. The summed E-state index contributed by atoms with van der Waals surface area (Å²) in [5.74, 6) is 0. The van der Waals surface area contributed by atoms with E-state index in [0.717, 1.165) is 28.3 Å². The molecule has 0 fully saturated rings. The van der Waals surface area contributed by atoms with Crippen LogP contribution >= 0.6 is 0 Å². The third-order valence-corrected chi connectivity index (χ3v) is 3.68. The van der Waals surface area contributed by atoms with E-state index in [1.54, 1.807) is 0 Å². The zero-order valence-corrected chi connectivity index (χ0v) is 13.2. The Labute approximate surface area is 136 Å². The lowest BCUT2D eigenvalue weighted by Crippen LogP contribution is -2.24. The summed E-state index contributed by atoms with van der Waals surface area (Å²) < 4.78 is 0. The fraction of sp³-hybridized carbons (Fsp3) is 0.158. The Bertz CT molecular complexity index is 754. The lowest BCUT2D eigenvalue weighted by Gasteiger charge is -2.25. The van der Waals surface area contributed by atoms with Gasteiger partial charge in [-0.25, -0.2) is 0 Å². The summed E-state index contributed by atoms with van der Waals surface area (Å²) in [7, 11) is 0. The molecule has 0 spiro atoms. The van der Waals surface area contributed by atoms with Gasteiger partial charge in [-0.05, 0) is 42.8 Å². The van der Waals surface area contributed by atoms with E-state index in [4.69, 9.17) is 5.73 Å². The number of nitrogens with zero attached hydrogens (tertiary/aromatic N) is 3. The lowest BCUT2D eigenvalue weighted by molar-refractivity contribution is 0.766. The Balaban J connectivity index is 1.89. The number of nitrogens with two attached hydrogens (primary N) is 1. The van der Waals surface area contributed by atoms with E-state index in [2.05, 4.69) is 27.0 Å². The summed E-state index contributed by atoms with van der Waals surface area (Å²) in [5, 5.41) is 0. The molecule has 2 N–H and O–H groups in total. The van der Waals surface area contributed by atoms with E-state index in [0.29, 0.717) is 13.1 Å². The Morgan fingerprint density at radius 2 is 1.61 bits per heavy atom. The molecule has 0 aliphatic heterocycles. The molecule has 116 valence electrons. The number of aryl methyl sites for hydroxylation is 1. The van der Waals surface area contributed by atoms with Crippen LogP contribution in [0.15, 0.2) is 67.0 Å². The number of hydrogen-bond acceptors (Lipinski definition) is 4. The fourth-order valence-electron chi connectivity index (χ4n) is 2.48. The summed E-state index contributed by atoms with van der Waals surface area (Å²) in [4.78, 5) is 11.1. The zero-order chi connectivity index (χ0) is 16.1. The van der Waals surface area contributed by atoms with Crippen molar-refractivity contribution < 1.29 is 0 Å². The topological polar surface area (TPSA) is 55.0 Å². The van der Waals surface area contributed by atoms with Gasteiger partial charge in [-0.15, -0.1) is 0 Å². The number of benzene rings is 1. The van der Waals surface area contributed by atoms with Gasteiger partial charge in [0.05, 0.1) is 35.9 Å². The fourth-order valence-corrected chi connectivity index (χ4v) is 2.48. The molecule has 2 heterocycles. The Morgan fingerprint density at radius 3 is 2.26 bits per heavy atom. The van der Waals surface area contributed by atoms with Crippen molar-refractivity contribution in [2.24, 2.45) is 0 Å². The van der Waals surface area contributed by atoms with Crippen molar-refractivity contribution in [1.82, 2.24) is 9.97 Å². The first-order chi connectivity index (χ1) is 11.2. The van der Waals surface area contributed by atoms with Gasteiger partial charge in [0, 0.05) is 12.4 Å². The minimum atomic E-state index is 0.685. The molecule has 0 unspecified atom stereocenters. The number of pyridine rings is 2. The second-order valence-electron chi connectivity index (χ2n) is 5.56. The van der Waals surface area contributed by atoms with Gasteiger partial charge in [-0.3, -0.25) is 9.97 Å². The van der Waals surface area contributed by atoms with E-state index in [1.807, 2.05) is 61.8 Å². The molecule has 4 heteroatoms. The number of nitrogen functional groups attached to an aromatic ring is 1. The largest absolute Gasteiger partial charge is 0.397 e. The van der Waals surface area contributed by atoms with Gasteiger partial charge in [0.2, 0.25) is 0 Å². The summed E-state index contributed by atoms with van der Waals surface area (Å²) >= 11 is 0. The average molecular weight is 304 g/mol. The molecule has 0 bridgehead atoms. The first-order valence-corrected chi connectivity index (χ1v) is 7.63. The first kappa shape index (κ1) is 15.0. The highest BCUT2D eigenvalue weighted by Crippen LogP contribution is 2.25. The predicted octanol–water partition coefficient (Wildman–Crippen LogP) is 3.57. The summed E-state index contributed by atoms with van der Waals surface area (Å²) in [6.07, 6.45) is 3.70. The van der Waals surface area contributed by atoms with Gasteiger partial charge in [0.25, 0.3) is 0 Å². The van der Waals surface area contributed by atoms with Crippen LogP contribution in [0.1, 0.15) is 17.0 Å². The Morgan fingerprint density at radius 1 is 0.870 bits per heavy atom. The highest BCUT2D eigenvalue weighted by Gasteiger charge is 2.12. The Kier molecular flexibility index (Phi) is 4.52. The van der Waals surface area contributed by atoms with E-state index in [9.17, 15) is 0 Å². The summed E-state index contributed by atoms with van der Waals surface area (Å²) in [5.41, 5.74) is 11.1. The van der Waals surface area contributed by atoms with E-state index < -0.39 is 0 Å². The van der Waals surface area contributed by atoms with Crippen molar-refractivity contribution in [3.8, 4) is 0 Å². The molecule has 0 atom stereocenters. The van der Waals surface area contributed by atoms with Crippen LogP contribution < -0.4 is 10.6 Å². The number of para-hydroxylation sites is 2. The normalized spacial score (nSPS) is 10.5. The molecule has 0 aliphatic carbocycles. The van der Waals surface area contributed by atoms with E-state index >= 15 is 0 Å². The van der Waals surface area contributed by atoms with Gasteiger partial charge in [-0.1, -0.05) is 24.3 Å². The van der Waals surface area contributed by atoms with Crippen LogP contribution in [-0.2, 0) is 13.1 Å². The first-order valence-electron chi connectivity index (χ1n) is 7.63. The van der Waals surface area contributed by atoms with Gasteiger partial charge in [0.1, 0.15) is 0 Å². The summed E-state index contributed by atoms with van der Waals surface area (Å²) in [6, 6.07) is 18.0. The zero-order valence-electron chi connectivity index (χ0n) is 13.2. The standard InChI is InChI=1S/C19H20N4/c1-15-9-10-17(22-12-15)14-23(13-16-6-4-5-11-21-16)19-8-3-2-7-18(19)20/h2-12H,13-14,20H2,1H3. The number of hydrogen-bond donors (Lipinski definition) is 1. The van der Waals surface area contributed by atoms with Crippen molar-refractivity contribution in [2.45, 2.75) is 20.0 Å². The molecule has 0 amide bonds. The molecule has 0 aliphatic rings. The molecule has 0 radical (unpaired) electrons. The molecule has 0 saturated carbocycles. The average Bonchev–Trinajstić information content (AvgIpc) is 2.58. The Hall–Kier alpha value is -2.88. The van der Waals surface area contributed by atoms with Crippen LogP contribution in [0.4, 0.5) is 11.4 Å². The maximum absolute atomic E-state index is 6.17. The molecule has 0 saturated heterocycles. The third-order valence-electron chi connectivity index (χ3n) is 3.68. The van der Waals surface area contributed by atoms with E-state index in [1.165, 1.54) is 0 Å². The molecular weight excluding hydrogens is 284 g/mol. The SMILES string of the molecule is Cc1ccc(CN(Cc2ccccn2)c2ccccc2N)nc1. The van der Waals surface area contributed by atoms with Crippen molar-refractivity contribution in [1.29, 1.82) is 0 Å². The third kappa shape index (κ3) is 3.86. The van der Waals surface area contributed by atoms with Crippen LogP contribution in [0.2, 0.25) is 0 Å². The smallest absolute Gasteiger partial charge is 0.0607 e. The molecule has 4 nitrogen and oxygen atoms in total. The maximum Gasteiger partial charge on any atom is 0.0607 e. The number of rotatable bonds is 5.